The van der Waals surface area contributed by atoms with Crippen molar-refractivity contribution >= 4 is 23.0 Å². The van der Waals surface area contributed by atoms with Gasteiger partial charge in [0.2, 0.25) is 5.82 Å². The Morgan fingerprint density at radius 2 is 1.76 bits per heavy atom. The third-order valence-corrected chi connectivity index (χ3v) is 6.02. The van der Waals surface area contributed by atoms with E-state index in [1.807, 2.05) is 35.8 Å². The summed E-state index contributed by atoms with van der Waals surface area (Å²) in [5.41, 5.74) is 3.78. The van der Waals surface area contributed by atoms with Crippen LogP contribution in [0.2, 0.25) is 0 Å². The van der Waals surface area contributed by atoms with Gasteiger partial charge in [-0.15, -0.1) is 0 Å². The Morgan fingerprint density at radius 3 is 2.35 bits per heavy atom. The molecule has 0 bridgehead atoms. The number of imidazole rings is 1. The summed E-state index contributed by atoms with van der Waals surface area (Å²) in [6, 6.07) is 14.4. The summed E-state index contributed by atoms with van der Waals surface area (Å²) in [5.74, 6) is -0.169. The number of carboxylic acids is 1. The van der Waals surface area contributed by atoms with E-state index in [9.17, 15) is 23.1 Å². The molecule has 196 valence electrons. The maximum Gasteiger partial charge on any atom is 0.374 e. The molecule has 1 saturated carbocycles. The molecule has 2 aromatic heterocycles. The molecule has 0 spiro atoms. The van der Waals surface area contributed by atoms with E-state index < -0.39 is 5.97 Å². The number of nitrogens with zero attached hydrogens (tertiary/aromatic N) is 4. The van der Waals surface area contributed by atoms with Crippen LogP contribution < -0.4 is 5.32 Å². The third kappa shape index (κ3) is 6.44. The monoisotopic (exact) mass is 513 g/mol. The lowest BCUT2D eigenvalue weighted by Crippen LogP contribution is -2.20. The van der Waals surface area contributed by atoms with Crippen LogP contribution in [0.5, 0.6) is 0 Å². The van der Waals surface area contributed by atoms with E-state index >= 15 is 0 Å². The van der Waals surface area contributed by atoms with Crippen LogP contribution in [-0.2, 0) is 6.54 Å². The van der Waals surface area contributed by atoms with Gasteiger partial charge in [0.1, 0.15) is 17.2 Å². The maximum atomic E-state index is 13.5. The molecule has 2 heterocycles. The van der Waals surface area contributed by atoms with Gasteiger partial charge in [-0.05, 0) is 56.4 Å². The number of rotatable bonds is 7. The number of carbonyl (C=O) groups is 1. The van der Waals surface area contributed by atoms with Crippen LogP contribution in [0.1, 0.15) is 41.5 Å². The van der Waals surface area contributed by atoms with E-state index in [2.05, 4.69) is 22.2 Å². The standard InChI is InChI=1S/C25H24FN5O2.2CH3F/c1-14-4-3-5-18(12-14)24-30-22-20(31(24)13-16-6-10-19(26)11-7-16)21(27-15(2)17-8-9-17)28-23(29-22)25(32)33;2*1-2/h3-7,10-12,15,17H,8-9,13H2,1-2H3,(H,32,33)(H,27,28,29);2*1H3/t15-;;/m1../s1. The van der Waals surface area contributed by atoms with Crippen LogP contribution in [0.25, 0.3) is 22.6 Å². The van der Waals surface area contributed by atoms with Gasteiger partial charge in [0, 0.05) is 18.2 Å². The van der Waals surface area contributed by atoms with E-state index in [0.29, 0.717) is 49.6 Å². The van der Waals surface area contributed by atoms with E-state index in [4.69, 9.17) is 4.98 Å². The van der Waals surface area contributed by atoms with Gasteiger partial charge in [-0.1, -0.05) is 35.9 Å². The minimum Gasteiger partial charge on any atom is -0.475 e. The summed E-state index contributed by atoms with van der Waals surface area (Å²) in [6.45, 7) is 4.49. The van der Waals surface area contributed by atoms with Crippen molar-refractivity contribution in [2.24, 2.45) is 5.92 Å². The molecule has 0 aliphatic heterocycles. The average Bonchev–Trinajstić information content (AvgIpc) is 3.70. The van der Waals surface area contributed by atoms with Crippen LogP contribution in [-0.4, -0.2) is 51.0 Å². The molecule has 1 fully saturated rings. The minimum atomic E-state index is -1.20. The minimum absolute atomic E-state index is 0.140. The number of halogens is 3. The molecule has 2 N–H and O–H groups in total. The van der Waals surface area contributed by atoms with Crippen molar-refractivity contribution in [1.82, 2.24) is 19.5 Å². The van der Waals surface area contributed by atoms with Crippen LogP contribution in [0.3, 0.4) is 0 Å². The van der Waals surface area contributed by atoms with E-state index in [1.165, 1.54) is 12.1 Å². The zero-order chi connectivity index (χ0) is 27.1. The first kappa shape index (κ1) is 27.6. The Bertz CT molecular complexity index is 1350. The fraction of sp³-hybridized carbons (Fsp3) is 0.333. The second-order valence-corrected chi connectivity index (χ2v) is 8.66. The predicted octanol–water partition coefficient (Wildman–Crippen LogP) is 6.07. The molecule has 7 nitrogen and oxygen atoms in total. The molecule has 4 aromatic rings. The van der Waals surface area contributed by atoms with Gasteiger partial charge < -0.3 is 15.0 Å². The van der Waals surface area contributed by atoms with Crippen molar-refractivity contribution in [1.29, 1.82) is 0 Å². The summed E-state index contributed by atoms with van der Waals surface area (Å²) in [5, 5.41) is 13.0. The molecule has 5 rings (SSSR count). The number of hydrogen-bond donors (Lipinski definition) is 2. The summed E-state index contributed by atoms with van der Waals surface area (Å²) in [6.07, 6.45) is 2.27. The normalized spacial score (nSPS) is 13.2. The number of benzene rings is 2. The zero-order valence-corrected chi connectivity index (χ0v) is 21.2. The highest BCUT2D eigenvalue weighted by molar-refractivity contribution is 5.92. The topological polar surface area (TPSA) is 92.9 Å². The molecular formula is C27H30F3N5O2. The lowest BCUT2D eigenvalue weighted by atomic mass is 10.1. The molecule has 37 heavy (non-hydrogen) atoms. The smallest absolute Gasteiger partial charge is 0.374 e. The van der Waals surface area contributed by atoms with Crippen LogP contribution >= 0.6 is 0 Å². The van der Waals surface area contributed by atoms with Gasteiger partial charge in [-0.25, -0.2) is 24.1 Å². The molecule has 0 amide bonds. The van der Waals surface area contributed by atoms with Gasteiger partial charge in [0.05, 0.1) is 14.4 Å². The Hall–Kier alpha value is -3.95. The lowest BCUT2D eigenvalue weighted by Gasteiger charge is -2.17. The van der Waals surface area contributed by atoms with Gasteiger partial charge in [0.15, 0.2) is 11.5 Å². The van der Waals surface area contributed by atoms with Crippen molar-refractivity contribution < 1.29 is 23.1 Å². The molecule has 0 saturated heterocycles. The Labute approximate surface area is 213 Å². The number of fused-ring (bicyclic) bond motifs is 1. The largest absolute Gasteiger partial charge is 0.475 e. The fourth-order valence-corrected chi connectivity index (χ4v) is 4.09. The first-order chi connectivity index (χ1) is 17.9. The summed E-state index contributed by atoms with van der Waals surface area (Å²) in [4.78, 5) is 25.1. The van der Waals surface area contributed by atoms with Gasteiger partial charge in [-0.3, -0.25) is 8.78 Å². The highest BCUT2D eigenvalue weighted by Crippen LogP contribution is 2.36. The number of carboxylic acid groups (broad SMARTS) is 1. The molecule has 0 radical (unpaired) electrons. The second-order valence-electron chi connectivity index (χ2n) is 8.66. The van der Waals surface area contributed by atoms with E-state index in [1.54, 1.807) is 12.1 Å². The van der Waals surface area contributed by atoms with Crippen molar-refractivity contribution in [3.8, 4) is 11.4 Å². The summed E-state index contributed by atoms with van der Waals surface area (Å²) < 4.78 is 34.5. The molecular weight excluding hydrogens is 483 g/mol. The molecule has 10 heteroatoms. The Kier molecular flexibility index (Phi) is 9.21. The predicted molar refractivity (Wildman–Crippen MR) is 138 cm³/mol. The number of alkyl halides is 2. The maximum absolute atomic E-state index is 13.5. The Balaban J connectivity index is 0.000000907. The van der Waals surface area contributed by atoms with E-state index in [-0.39, 0.29) is 17.7 Å². The molecule has 0 unspecified atom stereocenters. The lowest BCUT2D eigenvalue weighted by molar-refractivity contribution is 0.0684. The van der Waals surface area contributed by atoms with Crippen LogP contribution in [0, 0.1) is 18.7 Å². The second kappa shape index (κ2) is 12.3. The third-order valence-electron chi connectivity index (χ3n) is 6.02. The van der Waals surface area contributed by atoms with Gasteiger partial charge in [-0.2, -0.15) is 0 Å². The van der Waals surface area contributed by atoms with E-state index in [0.717, 1.165) is 29.5 Å². The molecule has 1 aliphatic carbocycles. The van der Waals surface area contributed by atoms with Crippen LogP contribution in [0.15, 0.2) is 48.5 Å². The highest BCUT2D eigenvalue weighted by Gasteiger charge is 2.30. The number of nitrogens with one attached hydrogen (secondary N) is 1. The number of hydrogen-bond acceptors (Lipinski definition) is 5. The number of aryl methyl sites for hydroxylation is 1. The highest BCUT2D eigenvalue weighted by atomic mass is 19.1. The van der Waals surface area contributed by atoms with Crippen LogP contribution in [0.4, 0.5) is 19.0 Å². The number of anilines is 1. The quantitative estimate of drug-likeness (QED) is 0.312. The SMILES string of the molecule is CF.CF.Cc1cccc(-c2nc3nc(C(=O)O)nc(N[C@H](C)C4CC4)c3n2Cc2ccc(F)cc2)c1. The molecule has 1 aliphatic rings. The molecule has 2 aromatic carbocycles. The number of aromatic carboxylic acids is 1. The van der Waals surface area contributed by atoms with Crippen molar-refractivity contribution in [2.75, 3.05) is 19.7 Å². The zero-order valence-electron chi connectivity index (χ0n) is 21.2. The van der Waals surface area contributed by atoms with Crippen molar-refractivity contribution in [3.63, 3.8) is 0 Å². The Morgan fingerprint density at radius 1 is 1.08 bits per heavy atom. The van der Waals surface area contributed by atoms with Gasteiger partial charge in [0.25, 0.3) is 0 Å². The number of aromatic nitrogens is 4. The van der Waals surface area contributed by atoms with Crippen molar-refractivity contribution in [2.45, 2.75) is 39.3 Å². The first-order valence-electron chi connectivity index (χ1n) is 11.7. The van der Waals surface area contributed by atoms with Gasteiger partial charge >= 0.3 is 5.97 Å². The average molecular weight is 514 g/mol. The fourth-order valence-electron chi connectivity index (χ4n) is 4.09. The van der Waals surface area contributed by atoms with Crippen molar-refractivity contribution in [3.05, 3.63) is 71.3 Å². The first-order valence-corrected chi connectivity index (χ1v) is 11.7. The molecule has 1 atom stereocenters. The summed E-state index contributed by atoms with van der Waals surface area (Å²) in [7, 11) is 1.00. The summed E-state index contributed by atoms with van der Waals surface area (Å²) >= 11 is 0.